The van der Waals surface area contributed by atoms with Crippen molar-refractivity contribution in [3.8, 4) is 0 Å². The van der Waals surface area contributed by atoms with E-state index in [0.717, 1.165) is 6.20 Å². The smallest absolute Gasteiger partial charge is 0.174 e. The van der Waals surface area contributed by atoms with Gasteiger partial charge < -0.3 is 0 Å². The SMILES string of the molecule is CSCC(=O)c1cncc(F)c1. The summed E-state index contributed by atoms with van der Waals surface area (Å²) in [4.78, 5) is 14.8. The van der Waals surface area contributed by atoms with Crippen LogP contribution in [0.2, 0.25) is 0 Å². The van der Waals surface area contributed by atoms with E-state index in [1.165, 1.54) is 24.0 Å². The van der Waals surface area contributed by atoms with Gasteiger partial charge in [-0.05, 0) is 12.3 Å². The highest BCUT2D eigenvalue weighted by molar-refractivity contribution is 7.99. The van der Waals surface area contributed by atoms with Gasteiger partial charge in [-0.1, -0.05) is 0 Å². The number of aromatic nitrogens is 1. The molecule has 64 valence electrons. The maximum absolute atomic E-state index is 12.5. The Kier molecular flexibility index (Phi) is 3.22. The molecule has 1 aromatic rings. The van der Waals surface area contributed by atoms with Crippen molar-refractivity contribution in [1.82, 2.24) is 4.98 Å². The summed E-state index contributed by atoms with van der Waals surface area (Å²) in [7, 11) is 0. The minimum atomic E-state index is -0.470. The van der Waals surface area contributed by atoms with Crippen LogP contribution in [0, 0.1) is 5.82 Å². The molecule has 0 atom stereocenters. The van der Waals surface area contributed by atoms with Gasteiger partial charge in [-0.2, -0.15) is 11.8 Å². The summed E-state index contributed by atoms with van der Waals surface area (Å²) in [5.41, 5.74) is 0.337. The molecular weight excluding hydrogens is 177 g/mol. The average Bonchev–Trinajstić information content (AvgIpc) is 2.05. The maximum Gasteiger partial charge on any atom is 0.174 e. The molecule has 0 aliphatic carbocycles. The van der Waals surface area contributed by atoms with Crippen molar-refractivity contribution in [2.24, 2.45) is 0 Å². The highest BCUT2D eigenvalue weighted by Gasteiger charge is 2.05. The summed E-state index contributed by atoms with van der Waals surface area (Å²) < 4.78 is 12.5. The molecule has 1 rings (SSSR count). The minimum Gasteiger partial charge on any atom is -0.293 e. The van der Waals surface area contributed by atoms with Crippen LogP contribution in [0.5, 0.6) is 0 Å². The van der Waals surface area contributed by atoms with Crippen molar-refractivity contribution >= 4 is 17.5 Å². The number of carbonyl (C=O) groups is 1. The molecule has 0 saturated carbocycles. The van der Waals surface area contributed by atoms with E-state index in [1.54, 1.807) is 0 Å². The Hall–Kier alpha value is -0.900. The van der Waals surface area contributed by atoms with Crippen LogP contribution in [0.4, 0.5) is 4.39 Å². The molecule has 0 unspecified atom stereocenters. The summed E-state index contributed by atoms with van der Waals surface area (Å²) in [5, 5.41) is 0. The topological polar surface area (TPSA) is 30.0 Å². The van der Waals surface area contributed by atoms with Crippen LogP contribution >= 0.6 is 11.8 Å². The Morgan fingerprint density at radius 2 is 2.42 bits per heavy atom. The third-order valence-corrected chi connectivity index (χ3v) is 1.85. The molecule has 1 heterocycles. The molecule has 0 aliphatic rings. The highest BCUT2D eigenvalue weighted by atomic mass is 32.2. The van der Waals surface area contributed by atoms with Gasteiger partial charge in [-0.15, -0.1) is 0 Å². The number of ketones is 1. The molecule has 0 amide bonds. The normalized spacial score (nSPS) is 9.83. The number of pyridine rings is 1. The molecule has 0 bridgehead atoms. The largest absolute Gasteiger partial charge is 0.293 e. The summed E-state index contributed by atoms with van der Waals surface area (Å²) in [6, 6.07) is 1.20. The van der Waals surface area contributed by atoms with Crippen molar-refractivity contribution in [2.75, 3.05) is 12.0 Å². The van der Waals surface area contributed by atoms with Gasteiger partial charge in [-0.25, -0.2) is 4.39 Å². The van der Waals surface area contributed by atoms with Gasteiger partial charge in [0.15, 0.2) is 5.78 Å². The Bertz CT molecular complexity index is 290. The van der Waals surface area contributed by atoms with Crippen molar-refractivity contribution in [2.45, 2.75) is 0 Å². The van der Waals surface area contributed by atoms with Crippen LogP contribution in [-0.4, -0.2) is 22.8 Å². The number of Topliss-reactive ketones (excluding diaryl/α,β-unsaturated/α-hetero) is 1. The molecule has 0 aromatic carbocycles. The van der Waals surface area contributed by atoms with E-state index < -0.39 is 5.82 Å². The Balaban J connectivity index is 2.81. The molecule has 0 N–H and O–H groups in total. The van der Waals surface area contributed by atoms with Crippen molar-refractivity contribution in [3.05, 3.63) is 29.8 Å². The highest BCUT2D eigenvalue weighted by Crippen LogP contribution is 2.05. The fourth-order valence-corrected chi connectivity index (χ4v) is 1.21. The Morgan fingerprint density at radius 1 is 1.67 bits per heavy atom. The molecule has 2 nitrogen and oxygen atoms in total. The van der Waals surface area contributed by atoms with Crippen LogP contribution in [0.3, 0.4) is 0 Å². The fourth-order valence-electron chi connectivity index (χ4n) is 0.779. The number of carbonyl (C=O) groups excluding carboxylic acids is 1. The van der Waals surface area contributed by atoms with Crippen LogP contribution in [0.25, 0.3) is 0 Å². The Morgan fingerprint density at radius 3 is 3.00 bits per heavy atom. The first-order chi connectivity index (χ1) is 5.74. The molecule has 0 radical (unpaired) electrons. The summed E-state index contributed by atoms with van der Waals surface area (Å²) in [6.07, 6.45) is 4.28. The third-order valence-electron chi connectivity index (χ3n) is 1.30. The van der Waals surface area contributed by atoms with Gasteiger partial charge in [0.05, 0.1) is 11.9 Å². The van der Waals surface area contributed by atoms with E-state index in [0.29, 0.717) is 11.3 Å². The predicted molar refractivity (Wildman–Crippen MR) is 46.9 cm³/mol. The number of halogens is 1. The molecule has 0 aliphatic heterocycles. The molecule has 0 fully saturated rings. The van der Waals surface area contributed by atoms with E-state index in [1.807, 2.05) is 6.26 Å². The van der Waals surface area contributed by atoms with Gasteiger partial charge >= 0.3 is 0 Å². The Labute approximate surface area is 74.2 Å². The van der Waals surface area contributed by atoms with Crippen LogP contribution in [-0.2, 0) is 0 Å². The zero-order chi connectivity index (χ0) is 8.97. The number of hydrogen-bond donors (Lipinski definition) is 0. The molecule has 0 spiro atoms. The van der Waals surface area contributed by atoms with E-state index in [4.69, 9.17) is 0 Å². The van der Waals surface area contributed by atoms with E-state index >= 15 is 0 Å². The fraction of sp³-hybridized carbons (Fsp3) is 0.250. The van der Waals surface area contributed by atoms with E-state index in [-0.39, 0.29) is 5.78 Å². The minimum absolute atomic E-state index is 0.0884. The first kappa shape index (κ1) is 9.19. The zero-order valence-electron chi connectivity index (χ0n) is 6.58. The molecule has 1 aromatic heterocycles. The van der Waals surface area contributed by atoms with Gasteiger partial charge in [0, 0.05) is 11.8 Å². The van der Waals surface area contributed by atoms with Crippen molar-refractivity contribution < 1.29 is 9.18 Å². The van der Waals surface area contributed by atoms with Crippen molar-refractivity contribution in [3.63, 3.8) is 0 Å². The standard InChI is InChI=1S/C8H8FNOS/c1-12-5-8(11)6-2-7(9)4-10-3-6/h2-4H,5H2,1H3. The second-order valence-corrected chi connectivity index (χ2v) is 3.11. The lowest BCUT2D eigenvalue weighted by molar-refractivity contribution is 0.102. The number of nitrogens with zero attached hydrogens (tertiary/aromatic N) is 1. The quantitative estimate of drug-likeness (QED) is 0.672. The first-order valence-electron chi connectivity index (χ1n) is 3.36. The molecule has 0 saturated heterocycles. The first-order valence-corrected chi connectivity index (χ1v) is 4.76. The average molecular weight is 185 g/mol. The number of thioether (sulfide) groups is 1. The number of hydrogen-bond acceptors (Lipinski definition) is 3. The van der Waals surface area contributed by atoms with Crippen LogP contribution < -0.4 is 0 Å². The van der Waals surface area contributed by atoms with Gasteiger partial charge in [0.1, 0.15) is 5.82 Å². The lowest BCUT2D eigenvalue weighted by atomic mass is 10.2. The van der Waals surface area contributed by atoms with Gasteiger partial charge in [0.25, 0.3) is 0 Å². The van der Waals surface area contributed by atoms with Crippen LogP contribution in [0.15, 0.2) is 18.5 Å². The summed E-state index contributed by atoms with van der Waals surface area (Å²) >= 11 is 1.41. The molecule has 4 heteroatoms. The van der Waals surface area contributed by atoms with Gasteiger partial charge in [0.2, 0.25) is 0 Å². The molecule has 12 heavy (non-hydrogen) atoms. The second kappa shape index (κ2) is 4.21. The monoisotopic (exact) mass is 185 g/mol. The van der Waals surface area contributed by atoms with Crippen LogP contribution in [0.1, 0.15) is 10.4 Å². The van der Waals surface area contributed by atoms with Gasteiger partial charge in [-0.3, -0.25) is 9.78 Å². The molecular formula is C8H8FNOS. The lowest BCUT2D eigenvalue weighted by Crippen LogP contribution is -2.02. The number of rotatable bonds is 3. The van der Waals surface area contributed by atoms with E-state index in [2.05, 4.69) is 4.98 Å². The van der Waals surface area contributed by atoms with E-state index in [9.17, 15) is 9.18 Å². The summed E-state index contributed by atoms with van der Waals surface area (Å²) in [5.74, 6) is -0.193. The maximum atomic E-state index is 12.5. The summed E-state index contributed by atoms with van der Waals surface area (Å²) in [6.45, 7) is 0. The second-order valence-electron chi connectivity index (χ2n) is 2.25. The third kappa shape index (κ3) is 2.30. The zero-order valence-corrected chi connectivity index (χ0v) is 7.40. The van der Waals surface area contributed by atoms with Crippen molar-refractivity contribution in [1.29, 1.82) is 0 Å². The lowest BCUT2D eigenvalue weighted by Gasteiger charge is -1.96. The predicted octanol–water partition coefficient (Wildman–Crippen LogP) is 1.77.